The molecule has 0 saturated heterocycles. The van der Waals surface area contributed by atoms with Gasteiger partial charge in [-0.2, -0.15) is 0 Å². The molecule has 0 spiro atoms. The Balaban J connectivity index is 1.75. The molecule has 0 aliphatic rings. The van der Waals surface area contributed by atoms with E-state index in [4.69, 9.17) is 0 Å². The van der Waals surface area contributed by atoms with E-state index in [0.717, 1.165) is 6.42 Å². The van der Waals surface area contributed by atoms with Gasteiger partial charge in [0.05, 0.1) is 0 Å². The lowest BCUT2D eigenvalue weighted by Crippen LogP contribution is -2.27. The van der Waals surface area contributed by atoms with Gasteiger partial charge in [0.1, 0.15) is 0 Å². The van der Waals surface area contributed by atoms with Crippen LogP contribution in [0.25, 0.3) is 0 Å². The number of aryl methyl sites for hydroxylation is 1. The summed E-state index contributed by atoms with van der Waals surface area (Å²) in [5.41, 5.74) is 1.42. The van der Waals surface area contributed by atoms with E-state index in [9.17, 15) is 0 Å². The Bertz CT molecular complexity index is 422. The van der Waals surface area contributed by atoms with Crippen LogP contribution in [-0.4, -0.2) is 13.1 Å². The molecule has 1 N–H and O–H groups in total. The zero-order chi connectivity index (χ0) is 12.6. The Morgan fingerprint density at radius 3 is 2.61 bits per heavy atom. The minimum atomic E-state index is 0.590. The molecule has 1 aromatic heterocycles. The number of hydrogen-bond acceptors (Lipinski definition) is 2. The third kappa shape index (κ3) is 4.28. The van der Waals surface area contributed by atoms with Gasteiger partial charge in [0.2, 0.25) is 0 Å². The fraction of sp³-hybridized carbons (Fsp3) is 0.375. The molecule has 0 fully saturated rings. The fourth-order valence-corrected chi connectivity index (χ4v) is 2.98. The van der Waals surface area contributed by atoms with Crippen molar-refractivity contribution in [3.63, 3.8) is 0 Å². The van der Waals surface area contributed by atoms with Gasteiger partial charge >= 0.3 is 0 Å². The molecule has 0 aliphatic heterocycles. The van der Waals surface area contributed by atoms with Gasteiger partial charge in [-0.25, -0.2) is 0 Å². The summed E-state index contributed by atoms with van der Waals surface area (Å²) < 4.78 is 0. The molecular weight excluding hydrogens is 238 g/mol. The highest BCUT2D eigenvalue weighted by Crippen LogP contribution is 2.14. The lowest BCUT2D eigenvalue weighted by molar-refractivity contribution is 0.503. The van der Waals surface area contributed by atoms with Gasteiger partial charge in [0.15, 0.2) is 0 Å². The topological polar surface area (TPSA) is 12.0 Å². The zero-order valence-electron chi connectivity index (χ0n) is 10.9. The highest BCUT2D eigenvalue weighted by atomic mass is 32.1. The number of hydrogen-bond donors (Lipinski definition) is 1. The van der Waals surface area contributed by atoms with Crippen molar-refractivity contribution in [3.8, 4) is 0 Å². The highest BCUT2D eigenvalue weighted by Gasteiger charge is 2.07. The number of rotatable bonds is 7. The average molecular weight is 259 g/mol. The Morgan fingerprint density at radius 1 is 1.11 bits per heavy atom. The van der Waals surface area contributed by atoms with E-state index in [2.05, 4.69) is 60.2 Å². The summed E-state index contributed by atoms with van der Waals surface area (Å²) in [6.07, 6.45) is 4.84. The molecular formula is C16H21NS. The second-order valence-corrected chi connectivity index (χ2v) is 5.68. The zero-order valence-corrected chi connectivity index (χ0v) is 11.7. The Morgan fingerprint density at radius 2 is 1.94 bits per heavy atom. The molecule has 2 aromatic rings. The van der Waals surface area contributed by atoms with Crippen LogP contribution in [0.5, 0.6) is 0 Å². The summed E-state index contributed by atoms with van der Waals surface area (Å²) in [5.74, 6) is 0. The van der Waals surface area contributed by atoms with E-state index in [1.54, 1.807) is 0 Å². The number of nitrogens with one attached hydrogen (secondary N) is 1. The Hall–Kier alpha value is -1.12. The molecule has 1 aromatic carbocycles. The van der Waals surface area contributed by atoms with Crippen molar-refractivity contribution in [2.75, 3.05) is 7.05 Å². The molecule has 1 atom stereocenters. The Kier molecular flexibility index (Phi) is 5.43. The summed E-state index contributed by atoms with van der Waals surface area (Å²) >= 11 is 1.87. The lowest BCUT2D eigenvalue weighted by Gasteiger charge is -2.15. The maximum atomic E-state index is 3.43. The normalized spacial score (nSPS) is 12.5. The van der Waals surface area contributed by atoms with Crippen molar-refractivity contribution in [2.45, 2.75) is 31.7 Å². The van der Waals surface area contributed by atoms with Crippen molar-refractivity contribution in [2.24, 2.45) is 0 Å². The van der Waals surface area contributed by atoms with Crippen LogP contribution in [0.15, 0.2) is 47.8 Å². The molecule has 96 valence electrons. The number of likely N-dealkylation sites (N-methyl/N-ethyl adjacent to an activating group) is 1. The first kappa shape index (κ1) is 13.3. The fourth-order valence-electron chi connectivity index (χ4n) is 2.22. The summed E-state index contributed by atoms with van der Waals surface area (Å²) in [6, 6.07) is 15.7. The van der Waals surface area contributed by atoms with Crippen molar-refractivity contribution in [3.05, 3.63) is 58.3 Å². The van der Waals surface area contributed by atoms with Gasteiger partial charge in [0.25, 0.3) is 0 Å². The minimum absolute atomic E-state index is 0.590. The molecule has 2 heteroatoms. The third-order valence-corrected chi connectivity index (χ3v) is 4.23. The molecule has 18 heavy (non-hydrogen) atoms. The highest BCUT2D eigenvalue weighted by molar-refractivity contribution is 7.09. The van der Waals surface area contributed by atoms with Gasteiger partial charge in [0, 0.05) is 10.9 Å². The average Bonchev–Trinajstić information content (AvgIpc) is 2.92. The van der Waals surface area contributed by atoms with Crippen molar-refractivity contribution >= 4 is 11.3 Å². The van der Waals surface area contributed by atoms with E-state index < -0.39 is 0 Å². The van der Waals surface area contributed by atoms with Crippen LogP contribution in [0.2, 0.25) is 0 Å². The smallest absolute Gasteiger partial charge is 0.0105 e. The molecule has 1 unspecified atom stereocenters. The van der Waals surface area contributed by atoms with Crippen LogP contribution in [-0.2, 0) is 12.8 Å². The first-order chi connectivity index (χ1) is 8.88. The quantitative estimate of drug-likeness (QED) is 0.795. The maximum absolute atomic E-state index is 3.43. The van der Waals surface area contributed by atoms with Gasteiger partial charge in [-0.15, -0.1) is 11.3 Å². The van der Waals surface area contributed by atoms with Crippen LogP contribution >= 0.6 is 11.3 Å². The number of benzene rings is 1. The van der Waals surface area contributed by atoms with E-state index in [0.29, 0.717) is 6.04 Å². The van der Waals surface area contributed by atoms with Crippen molar-refractivity contribution in [1.29, 1.82) is 0 Å². The monoisotopic (exact) mass is 259 g/mol. The lowest BCUT2D eigenvalue weighted by atomic mass is 10.0. The van der Waals surface area contributed by atoms with Crippen LogP contribution in [0.4, 0.5) is 0 Å². The largest absolute Gasteiger partial charge is 0.317 e. The summed E-state index contributed by atoms with van der Waals surface area (Å²) in [6.45, 7) is 0. The second-order valence-electron chi connectivity index (χ2n) is 4.65. The Labute approximate surface area is 114 Å². The minimum Gasteiger partial charge on any atom is -0.317 e. The van der Waals surface area contributed by atoms with Crippen LogP contribution < -0.4 is 5.32 Å². The first-order valence-electron chi connectivity index (χ1n) is 6.62. The molecule has 1 heterocycles. The van der Waals surface area contributed by atoms with Crippen molar-refractivity contribution in [1.82, 2.24) is 5.32 Å². The molecule has 0 saturated carbocycles. The van der Waals surface area contributed by atoms with Gasteiger partial charge in [-0.1, -0.05) is 36.4 Å². The van der Waals surface area contributed by atoms with Gasteiger partial charge < -0.3 is 5.32 Å². The van der Waals surface area contributed by atoms with E-state index in [-0.39, 0.29) is 0 Å². The van der Waals surface area contributed by atoms with Crippen LogP contribution in [0.3, 0.4) is 0 Å². The summed E-state index contributed by atoms with van der Waals surface area (Å²) in [7, 11) is 2.07. The molecule has 0 aliphatic carbocycles. The van der Waals surface area contributed by atoms with E-state index in [1.165, 1.54) is 29.7 Å². The maximum Gasteiger partial charge on any atom is 0.0105 e. The second kappa shape index (κ2) is 7.34. The molecule has 2 rings (SSSR count). The SMILES string of the molecule is CNC(CCCc1cccs1)Cc1ccccc1. The predicted octanol–water partition coefficient (Wildman–Crippen LogP) is 3.90. The molecule has 0 radical (unpaired) electrons. The molecule has 1 nitrogen and oxygen atoms in total. The summed E-state index contributed by atoms with van der Waals surface area (Å²) in [4.78, 5) is 1.50. The standard InChI is InChI=1S/C16H21NS/c1-17-15(13-14-7-3-2-4-8-14)9-5-10-16-11-6-12-18-16/h2-4,6-8,11-12,15,17H,5,9-10,13H2,1H3. The molecule has 0 bridgehead atoms. The molecule has 0 amide bonds. The van der Waals surface area contributed by atoms with Gasteiger partial charge in [-0.3, -0.25) is 0 Å². The first-order valence-corrected chi connectivity index (χ1v) is 7.50. The van der Waals surface area contributed by atoms with Crippen molar-refractivity contribution < 1.29 is 0 Å². The van der Waals surface area contributed by atoms with Gasteiger partial charge in [-0.05, 0) is 49.7 Å². The predicted molar refractivity (Wildman–Crippen MR) is 80.3 cm³/mol. The number of thiophene rings is 1. The third-order valence-electron chi connectivity index (χ3n) is 3.29. The van der Waals surface area contributed by atoms with E-state index >= 15 is 0 Å². The van der Waals surface area contributed by atoms with Crippen LogP contribution in [0, 0.1) is 0 Å². The van der Waals surface area contributed by atoms with Crippen LogP contribution in [0.1, 0.15) is 23.3 Å². The summed E-state index contributed by atoms with van der Waals surface area (Å²) in [5, 5.41) is 5.60. The van der Waals surface area contributed by atoms with E-state index in [1.807, 2.05) is 11.3 Å².